The molecule has 2 heteroatoms. The number of rotatable bonds is 5. The molecule has 100 valence electrons. The summed E-state index contributed by atoms with van der Waals surface area (Å²) in [5.41, 5.74) is 5.13. The van der Waals surface area contributed by atoms with E-state index in [4.69, 9.17) is 0 Å². The van der Waals surface area contributed by atoms with Gasteiger partial charge in [-0.05, 0) is 55.6 Å². The van der Waals surface area contributed by atoms with Crippen molar-refractivity contribution in [1.29, 1.82) is 0 Å². The van der Waals surface area contributed by atoms with Crippen molar-refractivity contribution < 1.29 is 0 Å². The van der Waals surface area contributed by atoms with Crippen LogP contribution in [0.2, 0.25) is 0 Å². The molecule has 0 saturated heterocycles. The van der Waals surface area contributed by atoms with Crippen LogP contribution >= 0.6 is 0 Å². The van der Waals surface area contributed by atoms with E-state index in [2.05, 4.69) is 53.6 Å². The average molecular weight is 254 g/mol. The third kappa shape index (κ3) is 3.65. The second kappa shape index (κ2) is 6.48. The van der Waals surface area contributed by atoms with Crippen molar-refractivity contribution in [2.45, 2.75) is 32.7 Å². The number of likely N-dealkylation sites (N-methyl/N-ethyl adjacent to an activating group) is 1. The first-order valence-corrected chi connectivity index (χ1v) is 6.90. The summed E-state index contributed by atoms with van der Waals surface area (Å²) in [6, 6.07) is 13.5. The fourth-order valence-electron chi connectivity index (χ4n) is 2.32. The summed E-state index contributed by atoms with van der Waals surface area (Å²) in [6.45, 7) is 4.22. The van der Waals surface area contributed by atoms with Crippen LogP contribution < -0.4 is 5.32 Å². The molecule has 0 aliphatic heterocycles. The molecule has 19 heavy (non-hydrogen) atoms. The van der Waals surface area contributed by atoms with E-state index in [1.165, 1.54) is 16.7 Å². The first-order chi connectivity index (χ1) is 9.22. The maximum absolute atomic E-state index is 4.26. The highest BCUT2D eigenvalue weighted by Gasteiger charge is 2.10. The van der Waals surface area contributed by atoms with Crippen LogP contribution in [0.1, 0.15) is 35.3 Å². The van der Waals surface area contributed by atoms with E-state index < -0.39 is 0 Å². The minimum Gasteiger partial charge on any atom is -0.313 e. The number of aryl methyl sites for hydroxylation is 2. The quantitative estimate of drug-likeness (QED) is 0.884. The van der Waals surface area contributed by atoms with E-state index in [1.54, 1.807) is 0 Å². The largest absolute Gasteiger partial charge is 0.313 e. The molecular formula is C17H22N2. The van der Waals surface area contributed by atoms with Crippen LogP contribution in [-0.2, 0) is 12.8 Å². The Kier molecular flexibility index (Phi) is 4.69. The van der Waals surface area contributed by atoms with Crippen LogP contribution in [0, 0.1) is 6.92 Å². The minimum absolute atomic E-state index is 0.342. The van der Waals surface area contributed by atoms with E-state index in [-0.39, 0.29) is 0 Å². The molecule has 2 rings (SSSR count). The lowest BCUT2D eigenvalue weighted by molar-refractivity contribution is 0.590. The molecule has 1 aromatic heterocycles. The van der Waals surface area contributed by atoms with Crippen LogP contribution in [0.15, 0.2) is 42.6 Å². The van der Waals surface area contributed by atoms with Crippen molar-refractivity contribution in [2.75, 3.05) is 7.05 Å². The van der Waals surface area contributed by atoms with Crippen molar-refractivity contribution in [1.82, 2.24) is 10.3 Å². The van der Waals surface area contributed by atoms with Crippen molar-refractivity contribution in [3.63, 3.8) is 0 Å². The Morgan fingerprint density at radius 2 is 1.79 bits per heavy atom. The fraction of sp³-hybridized carbons (Fsp3) is 0.353. The normalized spacial score (nSPS) is 12.4. The second-order valence-corrected chi connectivity index (χ2v) is 4.95. The third-order valence-electron chi connectivity index (χ3n) is 3.54. The number of benzene rings is 1. The number of nitrogens with zero attached hydrogens (tertiary/aromatic N) is 1. The lowest BCUT2D eigenvalue weighted by atomic mass is 9.98. The summed E-state index contributed by atoms with van der Waals surface area (Å²) in [5.74, 6) is 0. The van der Waals surface area contributed by atoms with Gasteiger partial charge in [0.05, 0.1) is 0 Å². The molecule has 0 saturated carbocycles. The van der Waals surface area contributed by atoms with Gasteiger partial charge in [0.15, 0.2) is 0 Å². The van der Waals surface area contributed by atoms with Gasteiger partial charge in [-0.3, -0.25) is 4.98 Å². The Bertz CT molecular complexity index is 517. The van der Waals surface area contributed by atoms with E-state index >= 15 is 0 Å². The Morgan fingerprint density at radius 1 is 1.11 bits per heavy atom. The maximum Gasteiger partial charge on any atom is 0.0375 e. The summed E-state index contributed by atoms with van der Waals surface area (Å²) < 4.78 is 0. The molecule has 0 spiro atoms. The van der Waals surface area contributed by atoms with Crippen LogP contribution in [0.25, 0.3) is 0 Å². The molecule has 0 bridgehead atoms. The van der Waals surface area contributed by atoms with Gasteiger partial charge in [0.1, 0.15) is 0 Å². The Morgan fingerprint density at radius 3 is 2.37 bits per heavy atom. The molecule has 1 heterocycles. The summed E-state index contributed by atoms with van der Waals surface area (Å²) in [7, 11) is 2.01. The van der Waals surface area contributed by atoms with Crippen molar-refractivity contribution in [2.24, 2.45) is 0 Å². The SMILES string of the molecule is CCc1ccc(CC(NC)c2ccnc(C)c2)cc1. The van der Waals surface area contributed by atoms with Gasteiger partial charge in [0.2, 0.25) is 0 Å². The van der Waals surface area contributed by atoms with Gasteiger partial charge in [-0.1, -0.05) is 31.2 Å². The fourth-order valence-corrected chi connectivity index (χ4v) is 2.32. The molecule has 1 aromatic carbocycles. The molecule has 1 N–H and O–H groups in total. The van der Waals surface area contributed by atoms with E-state index in [9.17, 15) is 0 Å². The summed E-state index contributed by atoms with van der Waals surface area (Å²) in [5, 5.41) is 3.39. The van der Waals surface area contributed by atoms with Crippen molar-refractivity contribution in [3.8, 4) is 0 Å². The predicted molar refractivity (Wildman–Crippen MR) is 80.3 cm³/mol. The third-order valence-corrected chi connectivity index (χ3v) is 3.54. The lowest BCUT2D eigenvalue weighted by Gasteiger charge is -2.17. The van der Waals surface area contributed by atoms with Crippen molar-refractivity contribution >= 4 is 0 Å². The number of nitrogens with one attached hydrogen (secondary N) is 1. The molecular weight excluding hydrogens is 232 g/mol. The lowest BCUT2D eigenvalue weighted by Crippen LogP contribution is -2.19. The van der Waals surface area contributed by atoms with E-state index in [1.807, 2.05) is 20.2 Å². The summed E-state index contributed by atoms with van der Waals surface area (Å²) >= 11 is 0. The highest BCUT2D eigenvalue weighted by atomic mass is 14.9. The van der Waals surface area contributed by atoms with Gasteiger partial charge in [0, 0.05) is 17.9 Å². The molecule has 2 nitrogen and oxygen atoms in total. The molecule has 0 radical (unpaired) electrons. The van der Waals surface area contributed by atoms with Gasteiger partial charge >= 0.3 is 0 Å². The van der Waals surface area contributed by atoms with Gasteiger partial charge in [-0.2, -0.15) is 0 Å². The molecule has 1 atom stereocenters. The first-order valence-electron chi connectivity index (χ1n) is 6.90. The van der Waals surface area contributed by atoms with Gasteiger partial charge in [-0.25, -0.2) is 0 Å². The maximum atomic E-state index is 4.26. The monoisotopic (exact) mass is 254 g/mol. The Hall–Kier alpha value is -1.67. The predicted octanol–water partition coefficient (Wildman–Crippen LogP) is 3.46. The van der Waals surface area contributed by atoms with Gasteiger partial charge in [0.25, 0.3) is 0 Å². The number of aromatic nitrogens is 1. The zero-order chi connectivity index (χ0) is 13.7. The molecule has 2 aromatic rings. The number of pyridine rings is 1. The Labute approximate surface area is 115 Å². The van der Waals surface area contributed by atoms with Crippen LogP contribution in [0.3, 0.4) is 0 Å². The summed E-state index contributed by atoms with van der Waals surface area (Å²) in [4.78, 5) is 4.26. The topological polar surface area (TPSA) is 24.9 Å². The van der Waals surface area contributed by atoms with Gasteiger partial charge < -0.3 is 5.32 Å². The first kappa shape index (κ1) is 13.8. The minimum atomic E-state index is 0.342. The molecule has 0 aliphatic carbocycles. The molecule has 0 amide bonds. The molecule has 1 unspecified atom stereocenters. The molecule has 0 aliphatic rings. The smallest absolute Gasteiger partial charge is 0.0375 e. The van der Waals surface area contributed by atoms with Crippen molar-refractivity contribution in [3.05, 3.63) is 65.0 Å². The number of hydrogen-bond donors (Lipinski definition) is 1. The second-order valence-electron chi connectivity index (χ2n) is 4.95. The van der Waals surface area contributed by atoms with Crippen LogP contribution in [0.4, 0.5) is 0 Å². The van der Waals surface area contributed by atoms with E-state index in [0.717, 1.165) is 18.5 Å². The highest BCUT2D eigenvalue weighted by Crippen LogP contribution is 2.18. The van der Waals surface area contributed by atoms with E-state index in [0.29, 0.717) is 6.04 Å². The Balaban J connectivity index is 2.14. The summed E-state index contributed by atoms with van der Waals surface area (Å²) in [6.07, 6.45) is 3.98. The average Bonchev–Trinajstić information content (AvgIpc) is 2.45. The highest BCUT2D eigenvalue weighted by molar-refractivity contribution is 5.26. The van der Waals surface area contributed by atoms with Crippen LogP contribution in [-0.4, -0.2) is 12.0 Å². The van der Waals surface area contributed by atoms with Gasteiger partial charge in [-0.15, -0.1) is 0 Å². The van der Waals surface area contributed by atoms with Crippen LogP contribution in [0.5, 0.6) is 0 Å². The molecule has 0 fully saturated rings. The number of hydrogen-bond acceptors (Lipinski definition) is 2. The standard InChI is InChI=1S/C17H22N2/c1-4-14-5-7-15(8-6-14)12-17(18-3)16-9-10-19-13(2)11-16/h5-11,17-18H,4,12H2,1-3H3. The zero-order valence-electron chi connectivity index (χ0n) is 12.0. The zero-order valence-corrected chi connectivity index (χ0v) is 12.0.